The third-order valence-corrected chi connectivity index (χ3v) is 1.97. The maximum absolute atomic E-state index is 11.6. The highest BCUT2D eigenvalue weighted by Gasteiger charge is 2.11. The molecule has 0 aliphatic heterocycles. The second-order valence-corrected chi connectivity index (χ2v) is 3.75. The molecule has 0 aromatic carbocycles. The van der Waals surface area contributed by atoms with Gasteiger partial charge in [-0.3, -0.25) is 4.79 Å². The summed E-state index contributed by atoms with van der Waals surface area (Å²) >= 11 is 0. The number of rotatable bonds is 6. The highest BCUT2D eigenvalue weighted by molar-refractivity contribution is 5.76. The van der Waals surface area contributed by atoms with Crippen LogP contribution in [0, 0.1) is 0 Å². The summed E-state index contributed by atoms with van der Waals surface area (Å²) in [6, 6.07) is 0. The van der Waals surface area contributed by atoms with Crippen LogP contribution in [0.15, 0.2) is 12.2 Å². The van der Waals surface area contributed by atoms with Gasteiger partial charge in [-0.25, -0.2) is 0 Å². The molecule has 82 valence electrons. The van der Waals surface area contributed by atoms with Crippen LogP contribution in [0.3, 0.4) is 0 Å². The minimum atomic E-state index is -0.400. The van der Waals surface area contributed by atoms with Gasteiger partial charge in [0.1, 0.15) is 0 Å². The fraction of sp³-hybridized carbons (Fsp3) is 0.727. The van der Waals surface area contributed by atoms with Gasteiger partial charge in [0.25, 0.3) is 0 Å². The summed E-state index contributed by atoms with van der Waals surface area (Å²) in [5, 5.41) is 9.05. The summed E-state index contributed by atoms with van der Waals surface area (Å²) in [5.41, 5.74) is 0.984. The number of likely N-dealkylation sites (N-methyl/N-ethyl adjacent to an activating group) is 1. The standard InChI is InChI=1S/C11H21NO2/c1-5-12(8-9(2)3)11(14)7-6-10(4)13/h10,13H,2,5-8H2,1,3-4H3. The van der Waals surface area contributed by atoms with Crippen LogP contribution in [0.5, 0.6) is 0 Å². The third-order valence-electron chi connectivity index (χ3n) is 1.97. The Balaban J connectivity index is 3.98. The van der Waals surface area contributed by atoms with Crippen molar-refractivity contribution >= 4 is 5.91 Å². The molecule has 0 spiro atoms. The topological polar surface area (TPSA) is 40.5 Å². The van der Waals surface area contributed by atoms with Gasteiger partial charge in [-0.05, 0) is 27.2 Å². The molecule has 0 aliphatic carbocycles. The van der Waals surface area contributed by atoms with Crippen molar-refractivity contribution in [1.82, 2.24) is 4.90 Å². The number of hydrogen-bond acceptors (Lipinski definition) is 2. The Labute approximate surface area is 86.4 Å². The Morgan fingerprint density at radius 2 is 2.14 bits per heavy atom. The van der Waals surface area contributed by atoms with Gasteiger partial charge < -0.3 is 10.0 Å². The number of amides is 1. The summed E-state index contributed by atoms with van der Waals surface area (Å²) < 4.78 is 0. The van der Waals surface area contributed by atoms with Crippen molar-refractivity contribution in [2.24, 2.45) is 0 Å². The van der Waals surface area contributed by atoms with Crippen LogP contribution < -0.4 is 0 Å². The SMILES string of the molecule is C=C(C)CN(CC)C(=O)CCC(C)O. The second kappa shape index (κ2) is 6.60. The van der Waals surface area contributed by atoms with Crippen molar-refractivity contribution in [2.75, 3.05) is 13.1 Å². The van der Waals surface area contributed by atoms with Crippen LogP contribution in [0.4, 0.5) is 0 Å². The Morgan fingerprint density at radius 1 is 1.57 bits per heavy atom. The summed E-state index contributed by atoms with van der Waals surface area (Å²) in [4.78, 5) is 13.3. The minimum absolute atomic E-state index is 0.0939. The van der Waals surface area contributed by atoms with Crippen molar-refractivity contribution in [3.05, 3.63) is 12.2 Å². The number of carbonyl (C=O) groups is 1. The van der Waals surface area contributed by atoms with Gasteiger partial charge in [-0.2, -0.15) is 0 Å². The van der Waals surface area contributed by atoms with Crippen LogP contribution in [-0.2, 0) is 4.79 Å². The van der Waals surface area contributed by atoms with Crippen LogP contribution >= 0.6 is 0 Å². The molecule has 0 bridgehead atoms. The van der Waals surface area contributed by atoms with Gasteiger partial charge in [0.2, 0.25) is 5.91 Å². The average Bonchev–Trinajstić information content (AvgIpc) is 2.09. The zero-order valence-electron chi connectivity index (χ0n) is 9.42. The first-order chi connectivity index (χ1) is 6.47. The van der Waals surface area contributed by atoms with Gasteiger partial charge in [-0.1, -0.05) is 12.2 Å². The molecule has 1 unspecified atom stereocenters. The van der Waals surface area contributed by atoms with E-state index in [-0.39, 0.29) is 5.91 Å². The largest absolute Gasteiger partial charge is 0.393 e. The van der Waals surface area contributed by atoms with E-state index in [0.717, 1.165) is 5.57 Å². The van der Waals surface area contributed by atoms with E-state index in [9.17, 15) is 4.79 Å². The van der Waals surface area contributed by atoms with Crippen LogP contribution in [-0.4, -0.2) is 35.1 Å². The predicted molar refractivity (Wildman–Crippen MR) is 58.0 cm³/mol. The molecule has 0 rings (SSSR count). The Hall–Kier alpha value is -0.830. The molecule has 3 heteroatoms. The lowest BCUT2D eigenvalue weighted by Crippen LogP contribution is -2.32. The lowest BCUT2D eigenvalue weighted by molar-refractivity contribution is -0.131. The monoisotopic (exact) mass is 199 g/mol. The molecule has 0 fully saturated rings. The van der Waals surface area contributed by atoms with Crippen LogP contribution in [0.1, 0.15) is 33.6 Å². The van der Waals surface area contributed by atoms with E-state index in [4.69, 9.17) is 5.11 Å². The number of hydrogen-bond donors (Lipinski definition) is 1. The van der Waals surface area contributed by atoms with E-state index in [1.54, 1.807) is 11.8 Å². The molecule has 0 saturated heterocycles. The van der Waals surface area contributed by atoms with Crippen molar-refractivity contribution in [3.63, 3.8) is 0 Å². The normalized spacial score (nSPS) is 12.3. The number of aliphatic hydroxyl groups is 1. The van der Waals surface area contributed by atoms with Gasteiger partial charge in [0.05, 0.1) is 6.10 Å². The lowest BCUT2D eigenvalue weighted by atomic mass is 10.2. The molecule has 0 radical (unpaired) electrons. The summed E-state index contributed by atoms with van der Waals surface area (Å²) in [5.74, 6) is 0.0939. The fourth-order valence-corrected chi connectivity index (χ4v) is 1.19. The van der Waals surface area contributed by atoms with Gasteiger partial charge in [0, 0.05) is 19.5 Å². The van der Waals surface area contributed by atoms with E-state index in [1.807, 2.05) is 13.8 Å². The van der Waals surface area contributed by atoms with Crippen molar-refractivity contribution in [3.8, 4) is 0 Å². The lowest BCUT2D eigenvalue weighted by Gasteiger charge is -2.21. The molecule has 1 N–H and O–H groups in total. The number of nitrogens with zero attached hydrogens (tertiary/aromatic N) is 1. The first-order valence-electron chi connectivity index (χ1n) is 5.07. The number of aliphatic hydroxyl groups excluding tert-OH is 1. The zero-order chi connectivity index (χ0) is 11.1. The molecule has 0 aromatic rings. The van der Waals surface area contributed by atoms with E-state index in [1.165, 1.54) is 0 Å². The molecular weight excluding hydrogens is 178 g/mol. The Kier molecular flexibility index (Phi) is 6.21. The van der Waals surface area contributed by atoms with Crippen molar-refractivity contribution in [2.45, 2.75) is 39.7 Å². The minimum Gasteiger partial charge on any atom is -0.393 e. The molecule has 0 aromatic heterocycles. The van der Waals surface area contributed by atoms with E-state index in [0.29, 0.717) is 25.9 Å². The van der Waals surface area contributed by atoms with E-state index in [2.05, 4.69) is 6.58 Å². The smallest absolute Gasteiger partial charge is 0.222 e. The predicted octanol–water partition coefficient (Wildman–Crippen LogP) is 1.57. The average molecular weight is 199 g/mol. The molecular formula is C11H21NO2. The van der Waals surface area contributed by atoms with Gasteiger partial charge in [0.15, 0.2) is 0 Å². The Bertz CT molecular complexity index is 199. The molecule has 14 heavy (non-hydrogen) atoms. The molecule has 1 amide bonds. The van der Waals surface area contributed by atoms with E-state index >= 15 is 0 Å². The summed E-state index contributed by atoms with van der Waals surface area (Å²) in [7, 11) is 0. The highest BCUT2D eigenvalue weighted by atomic mass is 16.3. The fourth-order valence-electron chi connectivity index (χ4n) is 1.19. The van der Waals surface area contributed by atoms with Gasteiger partial charge >= 0.3 is 0 Å². The second-order valence-electron chi connectivity index (χ2n) is 3.75. The van der Waals surface area contributed by atoms with E-state index < -0.39 is 6.10 Å². The molecule has 0 heterocycles. The quantitative estimate of drug-likeness (QED) is 0.660. The number of carbonyl (C=O) groups excluding carboxylic acids is 1. The molecule has 0 saturated carbocycles. The third kappa shape index (κ3) is 5.75. The highest BCUT2D eigenvalue weighted by Crippen LogP contribution is 2.03. The first kappa shape index (κ1) is 13.2. The molecule has 3 nitrogen and oxygen atoms in total. The molecule has 0 aliphatic rings. The maximum Gasteiger partial charge on any atom is 0.222 e. The van der Waals surface area contributed by atoms with Crippen molar-refractivity contribution in [1.29, 1.82) is 0 Å². The van der Waals surface area contributed by atoms with Crippen LogP contribution in [0.2, 0.25) is 0 Å². The Morgan fingerprint density at radius 3 is 2.50 bits per heavy atom. The summed E-state index contributed by atoms with van der Waals surface area (Å²) in [6.07, 6.45) is 0.548. The first-order valence-corrected chi connectivity index (χ1v) is 5.07. The zero-order valence-corrected chi connectivity index (χ0v) is 9.42. The van der Waals surface area contributed by atoms with Gasteiger partial charge in [-0.15, -0.1) is 0 Å². The van der Waals surface area contributed by atoms with Crippen molar-refractivity contribution < 1.29 is 9.90 Å². The van der Waals surface area contributed by atoms with Crippen LogP contribution in [0.25, 0.3) is 0 Å². The molecule has 1 atom stereocenters. The maximum atomic E-state index is 11.6. The summed E-state index contributed by atoms with van der Waals surface area (Å²) in [6.45, 7) is 10.6.